The fraction of sp³-hybridized carbons (Fsp3) is 0. The summed E-state index contributed by atoms with van der Waals surface area (Å²) < 4.78 is 2.21. The number of pyridine rings is 1. The number of hydrogen-bond donors (Lipinski definition) is 0. The van der Waals surface area contributed by atoms with E-state index in [9.17, 15) is 10.1 Å². The molecule has 0 spiro atoms. The van der Waals surface area contributed by atoms with E-state index in [2.05, 4.69) is 33.8 Å². The smallest absolute Gasteiger partial charge is 0.295 e. The molecule has 5 aromatic rings. The van der Waals surface area contributed by atoms with E-state index in [4.69, 9.17) is 0 Å². The van der Waals surface area contributed by atoms with Gasteiger partial charge in [-0.25, -0.2) is 4.98 Å². The Hall–Kier alpha value is -3.99. The molecule has 0 fully saturated rings. The molecule has 3 aromatic carbocycles. The third-order valence-electron chi connectivity index (χ3n) is 4.94. The van der Waals surface area contributed by atoms with E-state index in [0.29, 0.717) is 5.69 Å². The van der Waals surface area contributed by atoms with E-state index in [0.717, 1.165) is 33.1 Å². The Labute approximate surface area is 160 Å². The molecule has 5 nitrogen and oxygen atoms in total. The summed E-state index contributed by atoms with van der Waals surface area (Å²) in [7, 11) is 0. The molecule has 5 rings (SSSR count). The fourth-order valence-electron chi connectivity index (χ4n) is 3.74. The van der Waals surface area contributed by atoms with Crippen molar-refractivity contribution in [2.75, 3.05) is 0 Å². The highest BCUT2D eigenvalue weighted by atomic mass is 16.6. The molecule has 0 saturated heterocycles. The Morgan fingerprint density at radius 2 is 1.54 bits per heavy atom. The van der Waals surface area contributed by atoms with Gasteiger partial charge in [0.1, 0.15) is 5.69 Å². The maximum Gasteiger partial charge on any atom is 0.295 e. The number of benzene rings is 3. The van der Waals surface area contributed by atoms with Crippen LogP contribution in [0.5, 0.6) is 0 Å². The third kappa shape index (κ3) is 2.45. The first kappa shape index (κ1) is 16.2. The number of aromatic nitrogens is 2. The summed E-state index contributed by atoms with van der Waals surface area (Å²) in [6.07, 6.45) is 1.58. The summed E-state index contributed by atoms with van der Waals surface area (Å²) in [5.74, 6) is 0. The lowest BCUT2D eigenvalue weighted by Crippen LogP contribution is -1.95. The highest BCUT2D eigenvalue weighted by molar-refractivity contribution is 6.10. The molecule has 0 N–H and O–H groups in total. The number of para-hydroxylation sites is 2. The van der Waals surface area contributed by atoms with Gasteiger partial charge in [0.15, 0.2) is 0 Å². The van der Waals surface area contributed by atoms with Gasteiger partial charge in [0.05, 0.1) is 16.0 Å². The van der Waals surface area contributed by atoms with Crippen LogP contribution in [0.2, 0.25) is 0 Å². The predicted octanol–water partition coefficient (Wildman–Crippen LogP) is 5.75. The molecule has 0 amide bonds. The second-order valence-electron chi connectivity index (χ2n) is 6.55. The summed E-state index contributed by atoms with van der Waals surface area (Å²) in [4.78, 5) is 15.3. The molecule has 0 aliphatic heterocycles. The number of nitro groups is 1. The van der Waals surface area contributed by atoms with Gasteiger partial charge in [-0.2, -0.15) is 0 Å². The first-order valence-electron chi connectivity index (χ1n) is 8.92. The lowest BCUT2D eigenvalue weighted by atomic mass is 10.1. The van der Waals surface area contributed by atoms with E-state index in [1.807, 2.05) is 48.5 Å². The maximum absolute atomic E-state index is 11.4. The van der Waals surface area contributed by atoms with E-state index >= 15 is 0 Å². The average molecular weight is 365 g/mol. The zero-order chi connectivity index (χ0) is 19.1. The quantitative estimate of drug-likeness (QED) is 0.302. The van der Waals surface area contributed by atoms with Gasteiger partial charge >= 0.3 is 0 Å². The second-order valence-corrected chi connectivity index (χ2v) is 6.55. The fourth-order valence-corrected chi connectivity index (χ4v) is 3.74. The summed E-state index contributed by atoms with van der Waals surface area (Å²) in [5.41, 5.74) is 4.34. The molecule has 2 aromatic heterocycles. The Morgan fingerprint density at radius 3 is 2.36 bits per heavy atom. The second kappa shape index (κ2) is 6.32. The summed E-state index contributed by atoms with van der Waals surface area (Å²) >= 11 is 0. The van der Waals surface area contributed by atoms with Gasteiger partial charge in [-0.3, -0.25) is 10.1 Å². The number of fused-ring (bicyclic) bond motifs is 3. The number of rotatable bonds is 3. The summed E-state index contributed by atoms with van der Waals surface area (Å²) in [6.45, 7) is 0. The predicted molar refractivity (Wildman–Crippen MR) is 111 cm³/mol. The highest BCUT2D eigenvalue weighted by Gasteiger charge is 2.18. The van der Waals surface area contributed by atoms with Gasteiger partial charge < -0.3 is 4.57 Å². The van der Waals surface area contributed by atoms with Crippen LogP contribution in [0.4, 0.5) is 5.69 Å². The van der Waals surface area contributed by atoms with Crippen molar-refractivity contribution >= 4 is 27.5 Å². The molecule has 0 atom stereocenters. The lowest BCUT2D eigenvalue weighted by Gasteiger charge is -2.08. The first-order valence-corrected chi connectivity index (χ1v) is 8.92. The molecule has 5 heteroatoms. The number of hydrogen-bond acceptors (Lipinski definition) is 3. The molecule has 134 valence electrons. The van der Waals surface area contributed by atoms with Gasteiger partial charge in [-0.15, -0.1) is 0 Å². The van der Waals surface area contributed by atoms with Crippen molar-refractivity contribution in [3.63, 3.8) is 0 Å². The van der Waals surface area contributed by atoms with Crippen molar-refractivity contribution in [1.29, 1.82) is 0 Å². The van der Waals surface area contributed by atoms with Crippen LogP contribution < -0.4 is 0 Å². The van der Waals surface area contributed by atoms with Crippen LogP contribution in [0, 0.1) is 10.1 Å². The van der Waals surface area contributed by atoms with Crippen LogP contribution in [0.3, 0.4) is 0 Å². The van der Waals surface area contributed by atoms with E-state index in [-0.39, 0.29) is 10.6 Å². The van der Waals surface area contributed by atoms with E-state index < -0.39 is 0 Å². The SMILES string of the molecule is O=[N+]([O-])c1cccnc1-c1ccc2c(c1)c1ccccc1n2-c1ccccc1. The van der Waals surface area contributed by atoms with E-state index in [1.165, 1.54) is 6.07 Å². The third-order valence-corrected chi connectivity index (χ3v) is 4.94. The Morgan fingerprint density at radius 1 is 0.786 bits per heavy atom. The Kier molecular flexibility index (Phi) is 3.66. The minimum absolute atomic E-state index is 0.00801. The monoisotopic (exact) mass is 365 g/mol. The van der Waals surface area contributed by atoms with Crippen molar-refractivity contribution in [3.8, 4) is 16.9 Å². The van der Waals surface area contributed by atoms with Gasteiger partial charge in [0.25, 0.3) is 5.69 Å². The van der Waals surface area contributed by atoms with Gasteiger partial charge in [0, 0.05) is 34.3 Å². The molecule has 0 aliphatic rings. The zero-order valence-corrected chi connectivity index (χ0v) is 14.8. The molecule has 0 radical (unpaired) electrons. The van der Waals surface area contributed by atoms with Crippen LogP contribution in [0.15, 0.2) is 91.1 Å². The van der Waals surface area contributed by atoms with Gasteiger partial charge in [-0.05, 0) is 36.4 Å². The van der Waals surface area contributed by atoms with Crippen LogP contribution >= 0.6 is 0 Å². The molecule has 0 aliphatic carbocycles. The Bertz CT molecular complexity index is 1340. The lowest BCUT2D eigenvalue weighted by molar-refractivity contribution is -0.384. The first-order chi connectivity index (χ1) is 13.7. The summed E-state index contributed by atoms with van der Waals surface area (Å²) in [5, 5.41) is 13.6. The topological polar surface area (TPSA) is 61.0 Å². The van der Waals surface area contributed by atoms with Crippen molar-refractivity contribution in [2.45, 2.75) is 0 Å². The van der Waals surface area contributed by atoms with Crippen LogP contribution in [-0.2, 0) is 0 Å². The van der Waals surface area contributed by atoms with Crippen LogP contribution in [0.1, 0.15) is 0 Å². The van der Waals surface area contributed by atoms with Crippen LogP contribution in [-0.4, -0.2) is 14.5 Å². The van der Waals surface area contributed by atoms with Gasteiger partial charge in [-0.1, -0.05) is 42.5 Å². The van der Waals surface area contributed by atoms with Gasteiger partial charge in [0.2, 0.25) is 0 Å². The molecule has 0 unspecified atom stereocenters. The van der Waals surface area contributed by atoms with Crippen molar-refractivity contribution in [3.05, 3.63) is 101 Å². The standard InChI is InChI=1S/C23H15N3O2/c27-26(28)22-11-6-14-24-23(22)16-12-13-21-19(15-16)18-9-4-5-10-20(18)25(21)17-7-2-1-3-8-17/h1-15H. The van der Waals surface area contributed by atoms with Crippen LogP contribution in [0.25, 0.3) is 38.8 Å². The highest BCUT2D eigenvalue weighted by Crippen LogP contribution is 2.36. The average Bonchev–Trinajstić information content (AvgIpc) is 3.08. The summed E-state index contributed by atoms with van der Waals surface area (Å²) in [6, 6.07) is 27.3. The Balaban J connectivity index is 1.83. The largest absolute Gasteiger partial charge is 0.309 e. The normalized spacial score (nSPS) is 11.1. The van der Waals surface area contributed by atoms with Crippen molar-refractivity contribution < 1.29 is 4.92 Å². The molecule has 0 bridgehead atoms. The molecular weight excluding hydrogens is 350 g/mol. The molecule has 28 heavy (non-hydrogen) atoms. The van der Waals surface area contributed by atoms with E-state index in [1.54, 1.807) is 12.3 Å². The maximum atomic E-state index is 11.4. The minimum Gasteiger partial charge on any atom is -0.309 e. The molecule has 2 heterocycles. The zero-order valence-electron chi connectivity index (χ0n) is 14.8. The molecule has 0 saturated carbocycles. The van der Waals surface area contributed by atoms with Crippen molar-refractivity contribution in [2.24, 2.45) is 0 Å². The van der Waals surface area contributed by atoms with Crippen molar-refractivity contribution in [1.82, 2.24) is 9.55 Å². The molecular formula is C23H15N3O2. The minimum atomic E-state index is -0.389. The number of nitrogens with zero attached hydrogens (tertiary/aromatic N) is 3.